The fraction of sp³-hybridized carbons (Fsp3) is 0. The summed E-state index contributed by atoms with van der Waals surface area (Å²) >= 11 is 0. The van der Waals surface area contributed by atoms with Crippen molar-refractivity contribution in [3.05, 3.63) is 231 Å². The number of nitrogens with zero attached hydrogens (tertiary/aromatic N) is 2. The van der Waals surface area contributed by atoms with Gasteiger partial charge in [0, 0.05) is 33.2 Å². The van der Waals surface area contributed by atoms with Crippen LogP contribution in [0.15, 0.2) is 231 Å². The summed E-state index contributed by atoms with van der Waals surface area (Å²) in [5, 5.41) is 7.44. The Kier molecular flexibility index (Phi) is 8.19. The van der Waals surface area contributed by atoms with E-state index in [-0.39, 0.29) is 0 Å². The van der Waals surface area contributed by atoms with E-state index in [2.05, 4.69) is 240 Å². The molecule has 2 heteroatoms. The number of para-hydroxylation sites is 2. The van der Waals surface area contributed by atoms with Crippen LogP contribution in [0.2, 0.25) is 0 Å². The average molecular weight is 739 g/mol. The Morgan fingerprint density at radius 2 is 0.759 bits per heavy atom. The monoisotopic (exact) mass is 738 g/mol. The molecular formula is C56H38N2. The summed E-state index contributed by atoms with van der Waals surface area (Å²) < 4.78 is 2.42. The van der Waals surface area contributed by atoms with Gasteiger partial charge in [-0.1, -0.05) is 164 Å². The molecule has 11 aromatic rings. The Morgan fingerprint density at radius 1 is 0.276 bits per heavy atom. The smallest absolute Gasteiger partial charge is 0.0541 e. The molecule has 0 saturated carbocycles. The van der Waals surface area contributed by atoms with Crippen molar-refractivity contribution in [2.45, 2.75) is 0 Å². The van der Waals surface area contributed by atoms with Crippen LogP contribution in [0.25, 0.3) is 82.4 Å². The van der Waals surface area contributed by atoms with Gasteiger partial charge in [-0.15, -0.1) is 0 Å². The lowest BCUT2D eigenvalue weighted by Gasteiger charge is -2.27. The molecule has 0 radical (unpaired) electrons. The van der Waals surface area contributed by atoms with Crippen LogP contribution in [-0.2, 0) is 0 Å². The van der Waals surface area contributed by atoms with Gasteiger partial charge in [0.15, 0.2) is 0 Å². The molecule has 1 aromatic heterocycles. The summed E-state index contributed by atoms with van der Waals surface area (Å²) in [6.45, 7) is 0. The Balaban J connectivity index is 1.04. The zero-order valence-corrected chi connectivity index (χ0v) is 31.8. The first-order valence-electron chi connectivity index (χ1n) is 19.9. The van der Waals surface area contributed by atoms with Crippen molar-refractivity contribution in [3.8, 4) is 39.1 Å². The normalized spacial score (nSPS) is 11.4. The van der Waals surface area contributed by atoms with E-state index in [1.54, 1.807) is 0 Å². The molecule has 0 bridgehead atoms. The summed E-state index contributed by atoms with van der Waals surface area (Å²) in [5.41, 5.74) is 14.0. The van der Waals surface area contributed by atoms with Crippen molar-refractivity contribution in [2.24, 2.45) is 0 Å². The van der Waals surface area contributed by atoms with E-state index in [1.807, 2.05) is 0 Å². The fourth-order valence-corrected chi connectivity index (χ4v) is 8.71. The average Bonchev–Trinajstić information content (AvgIpc) is 3.64. The van der Waals surface area contributed by atoms with E-state index in [4.69, 9.17) is 0 Å². The van der Waals surface area contributed by atoms with Gasteiger partial charge in [-0.05, 0) is 116 Å². The highest BCUT2D eigenvalue weighted by atomic mass is 15.1. The summed E-state index contributed by atoms with van der Waals surface area (Å²) in [4.78, 5) is 2.39. The molecule has 0 aliphatic heterocycles. The second kappa shape index (κ2) is 14.1. The quantitative estimate of drug-likeness (QED) is 0.158. The van der Waals surface area contributed by atoms with Crippen molar-refractivity contribution < 1.29 is 0 Å². The maximum Gasteiger partial charge on any atom is 0.0541 e. The zero-order valence-electron chi connectivity index (χ0n) is 31.8. The highest BCUT2D eigenvalue weighted by Gasteiger charge is 2.18. The summed E-state index contributed by atoms with van der Waals surface area (Å²) in [6, 6.07) is 83.8. The van der Waals surface area contributed by atoms with Crippen molar-refractivity contribution in [3.63, 3.8) is 0 Å². The van der Waals surface area contributed by atoms with Gasteiger partial charge in [0.25, 0.3) is 0 Å². The van der Waals surface area contributed by atoms with E-state index < -0.39 is 0 Å². The minimum atomic E-state index is 1.10. The number of rotatable bonds is 7. The van der Waals surface area contributed by atoms with E-state index in [9.17, 15) is 0 Å². The molecule has 0 atom stereocenters. The molecule has 0 fully saturated rings. The molecule has 2 nitrogen and oxygen atoms in total. The molecule has 0 aliphatic rings. The van der Waals surface area contributed by atoms with Gasteiger partial charge in [0.2, 0.25) is 0 Å². The number of anilines is 3. The SMILES string of the molecule is c1ccc(-c2cc(-c3ccc(N(c4ccc(-c5ccc6ccccc6c5)cc4)c4cccc5ccccc45)cc3)cc(-n3c4ccccc4c4ccccc43)c2)cc1. The van der Waals surface area contributed by atoms with Crippen molar-refractivity contribution in [1.82, 2.24) is 4.57 Å². The van der Waals surface area contributed by atoms with E-state index in [0.29, 0.717) is 0 Å². The lowest BCUT2D eigenvalue weighted by Crippen LogP contribution is -2.10. The van der Waals surface area contributed by atoms with Crippen LogP contribution in [-0.4, -0.2) is 4.57 Å². The molecule has 1 heterocycles. The van der Waals surface area contributed by atoms with Crippen LogP contribution >= 0.6 is 0 Å². The maximum atomic E-state index is 2.42. The molecule has 0 aliphatic carbocycles. The van der Waals surface area contributed by atoms with Crippen LogP contribution in [0.3, 0.4) is 0 Å². The third kappa shape index (κ3) is 5.91. The third-order valence-corrected chi connectivity index (χ3v) is 11.5. The van der Waals surface area contributed by atoms with Crippen molar-refractivity contribution in [1.29, 1.82) is 0 Å². The van der Waals surface area contributed by atoms with Gasteiger partial charge in [-0.2, -0.15) is 0 Å². The predicted molar refractivity (Wildman–Crippen MR) is 247 cm³/mol. The molecule has 0 spiro atoms. The molecule has 0 amide bonds. The summed E-state index contributed by atoms with van der Waals surface area (Å²) in [5.74, 6) is 0. The molecule has 11 rings (SSSR count). The first-order chi connectivity index (χ1) is 28.7. The lowest BCUT2D eigenvalue weighted by atomic mass is 9.97. The van der Waals surface area contributed by atoms with Gasteiger partial charge in [0.1, 0.15) is 0 Å². The highest BCUT2D eigenvalue weighted by Crippen LogP contribution is 2.41. The molecule has 0 N–H and O–H groups in total. The van der Waals surface area contributed by atoms with Crippen LogP contribution in [0.5, 0.6) is 0 Å². The van der Waals surface area contributed by atoms with Crippen molar-refractivity contribution >= 4 is 60.4 Å². The Bertz CT molecular complexity index is 3210. The van der Waals surface area contributed by atoms with Crippen LogP contribution in [0.4, 0.5) is 17.1 Å². The molecular weight excluding hydrogens is 701 g/mol. The largest absolute Gasteiger partial charge is 0.310 e. The fourth-order valence-electron chi connectivity index (χ4n) is 8.71. The van der Waals surface area contributed by atoms with E-state index >= 15 is 0 Å². The van der Waals surface area contributed by atoms with Gasteiger partial charge in [0.05, 0.1) is 16.7 Å². The number of hydrogen-bond acceptors (Lipinski definition) is 1. The third-order valence-electron chi connectivity index (χ3n) is 11.5. The molecule has 0 saturated heterocycles. The van der Waals surface area contributed by atoms with E-state index in [1.165, 1.54) is 71.2 Å². The standard InChI is InChI=1S/C56H38N2/c1-2-13-39(14-3-1)46-36-47(38-50(37-46)58-55-22-10-8-20-52(55)53-21-9-11-23-56(53)58)42-29-33-49(34-30-42)57(54-24-12-18-43-16-6-7-19-51(43)54)48-31-27-41(28-32-48)45-26-25-40-15-4-5-17-44(40)35-45/h1-38H. The number of benzene rings is 10. The van der Waals surface area contributed by atoms with Gasteiger partial charge in [-0.25, -0.2) is 0 Å². The van der Waals surface area contributed by atoms with Gasteiger partial charge >= 0.3 is 0 Å². The maximum absolute atomic E-state index is 2.42. The topological polar surface area (TPSA) is 8.17 Å². The van der Waals surface area contributed by atoms with Crippen LogP contribution < -0.4 is 4.90 Å². The van der Waals surface area contributed by atoms with Crippen molar-refractivity contribution in [2.75, 3.05) is 4.90 Å². The molecule has 10 aromatic carbocycles. The molecule has 272 valence electrons. The minimum Gasteiger partial charge on any atom is -0.310 e. The second-order valence-corrected chi connectivity index (χ2v) is 15.0. The zero-order chi connectivity index (χ0) is 38.4. The summed E-state index contributed by atoms with van der Waals surface area (Å²) in [7, 11) is 0. The number of aromatic nitrogens is 1. The Morgan fingerprint density at radius 3 is 1.41 bits per heavy atom. The van der Waals surface area contributed by atoms with Crippen LogP contribution in [0, 0.1) is 0 Å². The summed E-state index contributed by atoms with van der Waals surface area (Å²) in [6.07, 6.45) is 0. The molecule has 58 heavy (non-hydrogen) atoms. The van der Waals surface area contributed by atoms with Gasteiger partial charge in [-0.3, -0.25) is 0 Å². The number of hydrogen-bond donors (Lipinski definition) is 0. The first-order valence-corrected chi connectivity index (χ1v) is 19.9. The van der Waals surface area contributed by atoms with E-state index in [0.717, 1.165) is 28.3 Å². The van der Waals surface area contributed by atoms with Crippen LogP contribution in [0.1, 0.15) is 0 Å². The first kappa shape index (κ1) is 33.6. The lowest BCUT2D eigenvalue weighted by molar-refractivity contribution is 1.18. The minimum absolute atomic E-state index is 1.10. The van der Waals surface area contributed by atoms with Gasteiger partial charge < -0.3 is 9.47 Å². The Labute approximate surface area is 338 Å². The highest BCUT2D eigenvalue weighted by molar-refractivity contribution is 6.09. The predicted octanol–water partition coefficient (Wildman–Crippen LogP) is 15.6. The second-order valence-electron chi connectivity index (χ2n) is 15.0. The molecule has 0 unspecified atom stereocenters. The Hall–Kier alpha value is -7.68. The number of fused-ring (bicyclic) bond motifs is 5.